The summed E-state index contributed by atoms with van der Waals surface area (Å²) in [6, 6.07) is 7.51. The maximum absolute atomic E-state index is 10.7. The third-order valence-corrected chi connectivity index (χ3v) is 4.03. The summed E-state index contributed by atoms with van der Waals surface area (Å²) >= 11 is 0. The quantitative estimate of drug-likeness (QED) is 0.493. The molecule has 0 radical (unpaired) electrons. The van der Waals surface area contributed by atoms with Gasteiger partial charge in [0.25, 0.3) is 5.69 Å². The molecule has 110 valence electrons. The summed E-state index contributed by atoms with van der Waals surface area (Å²) in [5.74, 6) is 0. The van der Waals surface area contributed by atoms with Crippen LogP contribution in [0.4, 0.5) is 5.69 Å². The maximum Gasteiger partial charge on any atom is 0.269 e. The molecule has 1 unspecified atom stereocenters. The third kappa shape index (κ3) is 4.28. The van der Waals surface area contributed by atoms with Crippen molar-refractivity contribution in [2.24, 2.45) is 0 Å². The number of hydrogen-bond acceptors (Lipinski definition) is 4. The number of piperidine rings is 1. The Balaban J connectivity index is 1.73. The molecule has 0 spiro atoms. The van der Waals surface area contributed by atoms with E-state index < -0.39 is 0 Å². The molecule has 1 aromatic carbocycles. The molecular weight excluding hydrogens is 254 g/mol. The normalized spacial score (nSPS) is 19.9. The summed E-state index contributed by atoms with van der Waals surface area (Å²) < 4.78 is 0. The van der Waals surface area contributed by atoms with Gasteiger partial charge in [0.1, 0.15) is 0 Å². The average molecular weight is 277 g/mol. The van der Waals surface area contributed by atoms with Gasteiger partial charge in [-0.15, -0.1) is 0 Å². The second-order valence-electron chi connectivity index (χ2n) is 5.52. The van der Waals surface area contributed by atoms with Crippen LogP contribution in [0.5, 0.6) is 0 Å². The lowest BCUT2D eigenvalue weighted by Gasteiger charge is -2.32. The van der Waals surface area contributed by atoms with Crippen molar-refractivity contribution in [3.8, 4) is 0 Å². The Labute approximate surface area is 120 Å². The number of nitro benzene ring substituents is 1. The lowest BCUT2D eigenvalue weighted by molar-refractivity contribution is -0.384. The number of likely N-dealkylation sites (tertiary alicyclic amines) is 1. The Morgan fingerprint density at radius 1 is 1.45 bits per heavy atom. The van der Waals surface area contributed by atoms with Crippen LogP contribution < -0.4 is 5.32 Å². The van der Waals surface area contributed by atoms with Crippen LogP contribution in [0.25, 0.3) is 0 Å². The van der Waals surface area contributed by atoms with E-state index in [0.717, 1.165) is 18.5 Å². The molecule has 1 aromatic rings. The Morgan fingerprint density at radius 2 is 2.30 bits per heavy atom. The van der Waals surface area contributed by atoms with Crippen LogP contribution in [0, 0.1) is 10.1 Å². The van der Waals surface area contributed by atoms with Gasteiger partial charge in [-0.05, 0) is 45.0 Å². The zero-order valence-electron chi connectivity index (χ0n) is 12.0. The van der Waals surface area contributed by atoms with Crippen LogP contribution in [-0.4, -0.2) is 36.0 Å². The molecular formula is C15H23N3O2. The van der Waals surface area contributed by atoms with Gasteiger partial charge in [-0.25, -0.2) is 0 Å². The van der Waals surface area contributed by atoms with E-state index in [1.54, 1.807) is 12.1 Å². The van der Waals surface area contributed by atoms with E-state index in [4.69, 9.17) is 0 Å². The summed E-state index contributed by atoms with van der Waals surface area (Å²) in [5, 5.41) is 14.1. The van der Waals surface area contributed by atoms with Crippen molar-refractivity contribution >= 4 is 5.69 Å². The molecule has 1 atom stereocenters. The smallest absolute Gasteiger partial charge is 0.269 e. The molecule has 20 heavy (non-hydrogen) atoms. The number of nitrogens with one attached hydrogen (secondary N) is 1. The molecule has 0 aromatic heterocycles. The monoisotopic (exact) mass is 277 g/mol. The van der Waals surface area contributed by atoms with Crippen molar-refractivity contribution in [1.82, 2.24) is 10.2 Å². The highest BCUT2D eigenvalue weighted by atomic mass is 16.6. The number of benzene rings is 1. The molecule has 1 aliphatic rings. The number of nitro groups is 1. The van der Waals surface area contributed by atoms with Gasteiger partial charge < -0.3 is 10.2 Å². The van der Waals surface area contributed by atoms with Crippen LogP contribution in [-0.2, 0) is 6.54 Å². The Hall–Kier alpha value is -1.46. The second-order valence-corrected chi connectivity index (χ2v) is 5.52. The maximum atomic E-state index is 10.7. The highest BCUT2D eigenvalue weighted by Gasteiger charge is 2.17. The standard InChI is InChI=1S/C15H23N3O2/c1-17-10-3-2-6-14(17)8-9-16-12-13-5-4-7-15(11-13)18(19)20/h4-5,7,11,14,16H,2-3,6,8-10,12H2,1H3. The molecule has 1 saturated heterocycles. The van der Waals surface area contributed by atoms with Crippen LogP contribution in [0.2, 0.25) is 0 Å². The molecule has 0 amide bonds. The fraction of sp³-hybridized carbons (Fsp3) is 0.600. The van der Waals surface area contributed by atoms with Crippen molar-refractivity contribution in [3.05, 3.63) is 39.9 Å². The van der Waals surface area contributed by atoms with Gasteiger partial charge in [-0.1, -0.05) is 18.6 Å². The summed E-state index contributed by atoms with van der Waals surface area (Å²) in [4.78, 5) is 12.8. The summed E-state index contributed by atoms with van der Waals surface area (Å²) in [5.41, 5.74) is 1.13. The molecule has 1 heterocycles. The number of non-ortho nitro benzene ring substituents is 1. The molecule has 0 aliphatic carbocycles. The van der Waals surface area contributed by atoms with Gasteiger partial charge in [0, 0.05) is 24.7 Å². The van der Waals surface area contributed by atoms with Crippen molar-refractivity contribution in [2.75, 3.05) is 20.1 Å². The van der Waals surface area contributed by atoms with Crippen molar-refractivity contribution in [3.63, 3.8) is 0 Å². The Kier molecular flexibility index (Phi) is 5.49. The number of nitrogens with zero attached hydrogens (tertiary/aromatic N) is 2. The third-order valence-electron chi connectivity index (χ3n) is 4.03. The second kappa shape index (κ2) is 7.36. The molecule has 2 rings (SSSR count). The first-order valence-corrected chi connectivity index (χ1v) is 7.31. The lowest BCUT2D eigenvalue weighted by Crippen LogP contribution is -2.38. The predicted molar refractivity (Wildman–Crippen MR) is 79.7 cm³/mol. The highest BCUT2D eigenvalue weighted by molar-refractivity contribution is 5.34. The average Bonchev–Trinajstić information content (AvgIpc) is 2.45. The zero-order valence-corrected chi connectivity index (χ0v) is 12.0. The van der Waals surface area contributed by atoms with Crippen molar-refractivity contribution in [2.45, 2.75) is 38.3 Å². The van der Waals surface area contributed by atoms with E-state index in [-0.39, 0.29) is 10.6 Å². The molecule has 1 aliphatic heterocycles. The molecule has 0 bridgehead atoms. The van der Waals surface area contributed by atoms with Crippen LogP contribution in [0.15, 0.2) is 24.3 Å². The Bertz CT molecular complexity index is 450. The van der Waals surface area contributed by atoms with E-state index in [2.05, 4.69) is 17.3 Å². The van der Waals surface area contributed by atoms with Crippen molar-refractivity contribution in [1.29, 1.82) is 0 Å². The van der Waals surface area contributed by atoms with E-state index in [0.29, 0.717) is 12.6 Å². The van der Waals surface area contributed by atoms with Gasteiger partial charge in [-0.3, -0.25) is 10.1 Å². The first-order valence-electron chi connectivity index (χ1n) is 7.31. The molecule has 1 N–H and O–H groups in total. The first kappa shape index (κ1) is 14.9. The molecule has 5 heteroatoms. The molecule has 5 nitrogen and oxygen atoms in total. The largest absolute Gasteiger partial charge is 0.313 e. The predicted octanol–water partition coefficient (Wildman–Crippen LogP) is 2.56. The van der Waals surface area contributed by atoms with Gasteiger partial charge >= 0.3 is 0 Å². The van der Waals surface area contributed by atoms with E-state index >= 15 is 0 Å². The number of hydrogen-bond donors (Lipinski definition) is 1. The zero-order chi connectivity index (χ0) is 14.4. The minimum Gasteiger partial charge on any atom is -0.313 e. The summed E-state index contributed by atoms with van der Waals surface area (Å²) in [7, 11) is 2.20. The summed E-state index contributed by atoms with van der Waals surface area (Å²) in [6.45, 7) is 2.85. The minimum atomic E-state index is -0.347. The van der Waals surface area contributed by atoms with Gasteiger partial charge in [0.2, 0.25) is 0 Å². The number of rotatable bonds is 6. The van der Waals surface area contributed by atoms with Gasteiger partial charge in [0.05, 0.1) is 4.92 Å². The Morgan fingerprint density at radius 3 is 3.05 bits per heavy atom. The summed E-state index contributed by atoms with van der Waals surface area (Å²) in [6.07, 6.45) is 5.08. The van der Waals surface area contributed by atoms with Gasteiger partial charge in [0.15, 0.2) is 0 Å². The van der Waals surface area contributed by atoms with E-state index in [1.165, 1.54) is 31.9 Å². The van der Waals surface area contributed by atoms with E-state index in [9.17, 15) is 10.1 Å². The van der Waals surface area contributed by atoms with Crippen LogP contribution in [0.3, 0.4) is 0 Å². The molecule has 1 fully saturated rings. The van der Waals surface area contributed by atoms with Crippen LogP contribution >= 0.6 is 0 Å². The lowest BCUT2D eigenvalue weighted by atomic mass is 10.0. The molecule has 0 saturated carbocycles. The van der Waals surface area contributed by atoms with Gasteiger partial charge in [-0.2, -0.15) is 0 Å². The van der Waals surface area contributed by atoms with Crippen LogP contribution in [0.1, 0.15) is 31.2 Å². The van der Waals surface area contributed by atoms with Crippen molar-refractivity contribution < 1.29 is 4.92 Å². The fourth-order valence-electron chi connectivity index (χ4n) is 2.79. The van der Waals surface area contributed by atoms with E-state index in [1.807, 2.05) is 6.07 Å². The highest BCUT2D eigenvalue weighted by Crippen LogP contribution is 2.17. The topological polar surface area (TPSA) is 58.4 Å². The fourth-order valence-corrected chi connectivity index (χ4v) is 2.79. The minimum absolute atomic E-state index is 0.163. The SMILES string of the molecule is CN1CCCCC1CCNCc1cccc([N+](=O)[O-])c1. The first-order chi connectivity index (χ1) is 9.66.